The minimum atomic E-state index is -0.302. The maximum absolute atomic E-state index is 15.0. The second kappa shape index (κ2) is 8.90. The van der Waals surface area contributed by atoms with Gasteiger partial charge in [0.05, 0.1) is 11.6 Å². The summed E-state index contributed by atoms with van der Waals surface area (Å²) in [7, 11) is 0. The van der Waals surface area contributed by atoms with E-state index in [0.717, 1.165) is 35.6 Å². The molecule has 0 heterocycles. The second-order valence-electron chi connectivity index (χ2n) is 7.29. The summed E-state index contributed by atoms with van der Waals surface area (Å²) in [5.41, 5.74) is 2.36. The zero-order valence-corrected chi connectivity index (χ0v) is 16.5. The van der Waals surface area contributed by atoms with Crippen LogP contribution in [0.4, 0.5) is 4.39 Å². The van der Waals surface area contributed by atoms with Crippen LogP contribution in [0.15, 0.2) is 36.4 Å². The lowest BCUT2D eigenvalue weighted by atomic mass is 9.77. The van der Waals surface area contributed by atoms with Crippen LogP contribution in [-0.2, 0) is 0 Å². The Labute approximate surface area is 161 Å². The van der Waals surface area contributed by atoms with Gasteiger partial charge in [0.15, 0.2) is 0 Å². The first-order chi connectivity index (χ1) is 12.6. The Hall–Kier alpha value is -1.54. The molecule has 1 nitrogen and oxygen atoms in total. The molecule has 0 N–H and O–H groups in total. The van der Waals surface area contributed by atoms with Gasteiger partial charge < -0.3 is 4.74 Å². The van der Waals surface area contributed by atoms with Gasteiger partial charge in [-0.25, -0.2) is 4.39 Å². The normalized spacial score (nSPS) is 20.2. The molecule has 1 aliphatic carbocycles. The van der Waals surface area contributed by atoms with Crippen LogP contribution in [0.2, 0.25) is 5.02 Å². The van der Waals surface area contributed by atoms with Gasteiger partial charge in [-0.15, -0.1) is 0 Å². The minimum Gasteiger partial charge on any atom is -0.494 e. The van der Waals surface area contributed by atoms with E-state index in [2.05, 4.69) is 6.92 Å². The lowest BCUT2D eigenvalue weighted by Gasteiger charge is -2.29. The van der Waals surface area contributed by atoms with E-state index in [9.17, 15) is 4.39 Å². The second-order valence-corrected chi connectivity index (χ2v) is 7.67. The Morgan fingerprint density at radius 1 is 1.00 bits per heavy atom. The molecule has 0 spiro atoms. The fraction of sp³-hybridized carbons (Fsp3) is 0.478. The van der Waals surface area contributed by atoms with Crippen molar-refractivity contribution in [3.63, 3.8) is 0 Å². The molecule has 1 aliphatic rings. The predicted octanol–water partition coefficient (Wildman–Crippen LogP) is 7.62. The van der Waals surface area contributed by atoms with Crippen molar-refractivity contribution in [2.75, 3.05) is 6.61 Å². The Morgan fingerprint density at radius 3 is 2.31 bits per heavy atom. The summed E-state index contributed by atoms with van der Waals surface area (Å²) < 4.78 is 20.4. The van der Waals surface area contributed by atoms with Gasteiger partial charge in [-0.2, -0.15) is 0 Å². The van der Waals surface area contributed by atoms with Crippen LogP contribution in [-0.4, -0.2) is 6.61 Å². The third kappa shape index (κ3) is 4.23. The molecule has 3 heteroatoms. The lowest BCUT2D eigenvalue weighted by Crippen LogP contribution is -2.14. The van der Waals surface area contributed by atoms with Gasteiger partial charge in [-0.05, 0) is 67.7 Å². The molecule has 2 aromatic carbocycles. The highest BCUT2D eigenvalue weighted by Crippen LogP contribution is 2.42. The largest absolute Gasteiger partial charge is 0.494 e. The molecule has 0 radical (unpaired) electrons. The van der Waals surface area contributed by atoms with Crippen molar-refractivity contribution in [1.82, 2.24) is 0 Å². The van der Waals surface area contributed by atoms with Crippen molar-refractivity contribution < 1.29 is 9.13 Å². The highest BCUT2D eigenvalue weighted by Gasteiger charge is 2.25. The van der Waals surface area contributed by atoms with Crippen LogP contribution < -0.4 is 4.74 Å². The number of rotatable bonds is 6. The monoisotopic (exact) mass is 374 g/mol. The summed E-state index contributed by atoms with van der Waals surface area (Å²) in [6.45, 7) is 4.81. The van der Waals surface area contributed by atoms with Crippen molar-refractivity contribution in [1.29, 1.82) is 0 Å². The van der Waals surface area contributed by atoms with E-state index in [1.165, 1.54) is 25.7 Å². The fourth-order valence-electron chi connectivity index (χ4n) is 4.17. The zero-order valence-electron chi connectivity index (χ0n) is 15.7. The molecular formula is C23H28ClFO. The van der Waals surface area contributed by atoms with E-state index in [0.29, 0.717) is 23.1 Å². The third-order valence-electron chi connectivity index (χ3n) is 5.57. The highest BCUT2D eigenvalue weighted by molar-refractivity contribution is 6.32. The van der Waals surface area contributed by atoms with Gasteiger partial charge in [-0.3, -0.25) is 0 Å². The van der Waals surface area contributed by atoms with E-state index < -0.39 is 0 Å². The average molecular weight is 375 g/mol. The molecule has 0 aliphatic heterocycles. The van der Waals surface area contributed by atoms with Crippen molar-refractivity contribution in [2.45, 2.75) is 58.3 Å². The summed E-state index contributed by atoms with van der Waals surface area (Å²) >= 11 is 6.46. The SMILES string of the molecule is CCCC1CCC(c2ccc(-c3ccc(OCC)cc3)c(F)c2Cl)CC1. The van der Waals surface area contributed by atoms with Crippen LogP contribution in [0, 0.1) is 11.7 Å². The number of ether oxygens (including phenoxy) is 1. The molecule has 0 aromatic heterocycles. The average Bonchev–Trinajstić information content (AvgIpc) is 2.66. The summed E-state index contributed by atoms with van der Waals surface area (Å²) in [5, 5.41) is 0.301. The van der Waals surface area contributed by atoms with Gasteiger partial charge in [0.25, 0.3) is 0 Å². The zero-order chi connectivity index (χ0) is 18.5. The molecule has 0 unspecified atom stereocenters. The van der Waals surface area contributed by atoms with Gasteiger partial charge in [0.2, 0.25) is 0 Å². The van der Waals surface area contributed by atoms with Crippen LogP contribution in [0.5, 0.6) is 5.75 Å². The van der Waals surface area contributed by atoms with Crippen molar-refractivity contribution >= 4 is 11.6 Å². The maximum atomic E-state index is 15.0. The number of hydrogen-bond donors (Lipinski definition) is 0. The number of halogens is 2. The Bertz CT molecular complexity index is 718. The van der Waals surface area contributed by atoms with Crippen molar-refractivity contribution in [3.8, 4) is 16.9 Å². The van der Waals surface area contributed by atoms with Crippen LogP contribution in [0.1, 0.15) is 63.9 Å². The Balaban J connectivity index is 1.78. The molecule has 26 heavy (non-hydrogen) atoms. The molecule has 2 aromatic rings. The molecule has 1 fully saturated rings. The first kappa shape index (κ1) is 19.2. The van der Waals surface area contributed by atoms with Gasteiger partial charge >= 0.3 is 0 Å². The summed E-state index contributed by atoms with van der Waals surface area (Å²) in [4.78, 5) is 0. The Morgan fingerprint density at radius 2 is 1.69 bits per heavy atom. The van der Waals surface area contributed by atoms with Gasteiger partial charge in [0.1, 0.15) is 11.6 Å². The minimum absolute atomic E-state index is 0.301. The molecule has 1 saturated carbocycles. The van der Waals surface area contributed by atoms with Crippen molar-refractivity contribution in [2.24, 2.45) is 5.92 Å². The lowest BCUT2D eigenvalue weighted by molar-refractivity contribution is 0.308. The molecule has 0 saturated heterocycles. The smallest absolute Gasteiger partial charge is 0.149 e. The fourth-order valence-corrected chi connectivity index (χ4v) is 4.49. The van der Waals surface area contributed by atoms with E-state index in [1.807, 2.05) is 43.3 Å². The molecule has 0 amide bonds. The molecule has 3 rings (SSSR count). The number of benzene rings is 2. The molecular weight excluding hydrogens is 347 g/mol. The quantitative estimate of drug-likeness (QED) is 0.505. The molecule has 0 bridgehead atoms. The standard InChI is InChI=1S/C23H28ClFO/c1-3-5-16-6-8-17(9-7-16)20-14-15-21(23(25)22(20)24)18-10-12-19(13-11-18)26-4-2/h10-17H,3-9H2,1-2H3. The summed E-state index contributed by atoms with van der Waals surface area (Å²) in [6, 6.07) is 11.4. The van der Waals surface area contributed by atoms with E-state index in [4.69, 9.17) is 16.3 Å². The maximum Gasteiger partial charge on any atom is 0.149 e. The summed E-state index contributed by atoms with van der Waals surface area (Å²) in [6.07, 6.45) is 7.26. The van der Waals surface area contributed by atoms with Crippen LogP contribution in [0.25, 0.3) is 11.1 Å². The van der Waals surface area contributed by atoms with E-state index >= 15 is 0 Å². The van der Waals surface area contributed by atoms with Gasteiger partial charge in [0, 0.05) is 5.56 Å². The molecule has 0 atom stereocenters. The third-order valence-corrected chi connectivity index (χ3v) is 5.96. The highest BCUT2D eigenvalue weighted by atomic mass is 35.5. The summed E-state index contributed by atoms with van der Waals surface area (Å²) in [5.74, 6) is 1.72. The first-order valence-electron chi connectivity index (χ1n) is 9.85. The van der Waals surface area contributed by atoms with Crippen LogP contribution >= 0.6 is 11.6 Å². The van der Waals surface area contributed by atoms with Crippen LogP contribution in [0.3, 0.4) is 0 Å². The number of hydrogen-bond acceptors (Lipinski definition) is 1. The van der Waals surface area contributed by atoms with Gasteiger partial charge in [-0.1, -0.05) is 55.6 Å². The van der Waals surface area contributed by atoms with E-state index in [-0.39, 0.29) is 5.82 Å². The predicted molar refractivity (Wildman–Crippen MR) is 108 cm³/mol. The molecule has 140 valence electrons. The Kier molecular flexibility index (Phi) is 6.58. The first-order valence-corrected chi connectivity index (χ1v) is 10.2. The van der Waals surface area contributed by atoms with E-state index in [1.54, 1.807) is 0 Å². The topological polar surface area (TPSA) is 9.23 Å². The van der Waals surface area contributed by atoms with Crippen molar-refractivity contribution in [3.05, 3.63) is 52.8 Å².